The largest absolute Gasteiger partial charge is 0.435 e. The molecule has 2 N–H and O–H groups in total. The van der Waals surface area contributed by atoms with E-state index in [9.17, 15) is 15.2 Å². The molecule has 0 amide bonds. The molecule has 228 valence electrons. The van der Waals surface area contributed by atoms with Gasteiger partial charge in [-0.05, 0) is 67.8 Å². The molecule has 1 fully saturated rings. The molecule has 0 bridgehead atoms. The molecule has 1 saturated heterocycles. The lowest BCUT2D eigenvalue weighted by atomic mass is 10.0. The van der Waals surface area contributed by atoms with Gasteiger partial charge in [-0.25, -0.2) is 9.97 Å². The maximum absolute atomic E-state index is 11.4. The third kappa shape index (κ3) is 5.45. The molecule has 0 spiro atoms. The highest BCUT2D eigenvalue weighted by atomic mass is 35.5. The average molecular weight is 630 g/mol. The van der Waals surface area contributed by atoms with Crippen molar-refractivity contribution in [1.29, 1.82) is 5.26 Å². The van der Waals surface area contributed by atoms with E-state index in [2.05, 4.69) is 32.3 Å². The lowest BCUT2D eigenvalue weighted by molar-refractivity contribution is 0.112. The van der Waals surface area contributed by atoms with Crippen LogP contribution in [-0.4, -0.2) is 55.4 Å². The number of halogens is 1. The van der Waals surface area contributed by atoms with Crippen molar-refractivity contribution in [2.75, 3.05) is 18.4 Å². The third-order valence-electron chi connectivity index (χ3n) is 8.23. The number of likely N-dealkylation sites (tertiary alicyclic amines) is 1. The van der Waals surface area contributed by atoms with Gasteiger partial charge in [-0.1, -0.05) is 23.7 Å². The fraction of sp³-hybridized carbons (Fsp3) is 0.200. The van der Waals surface area contributed by atoms with E-state index in [1.807, 2.05) is 44.3 Å². The summed E-state index contributed by atoms with van der Waals surface area (Å²) >= 11 is 6.96. The number of anilines is 2. The van der Waals surface area contributed by atoms with Crippen molar-refractivity contribution in [1.82, 2.24) is 24.8 Å². The number of aryl methyl sites for hydroxylation is 1. The normalized spacial score (nSPS) is 15.0. The summed E-state index contributed by atoms with van der Waals surface area (Å²) < 4.78 is 5.98. The number of hydrogen-bond acceptors (Lipinski definition) is 10. The predicted octanol–water partition coefficient (Wildman–Crippen LogP) is 6.76. The maximum Gasteiger partial charge on any atom is 0.229 e. The Labute approximate surface area is 269 Å². The first-order valence-corrected chi connectivity index (χ1v) is 15.2. The van der Waals surface area contributed by atoms with E-state index in [4.69, 9.17) is 26.0 Å². The number of carbonyl (C=O) groups is 1. The Morgan fingerprint density at radius 2 is 2.02 bits per heavy atom. The van der Waals surface area contributed by atoms with Gasteiger partial charge < -0.3 is 14.8 Å². The van der Waals surface area contributed by atoms with Crippen LogP contribution in [0, 0.1) is 25.2 Å². The van der Waals surface area contributed by atoms with Gasteiger partial charge >= 0.3 is 0 Å². The van der Waals surface area contributed by atoms with Crippen molar-refractivity contribution in [2.24, 2.45) is 0 Å². The number of benzene rings is 2. The van der Waals surface area contributed by atoms with E-state index in [1.54, 1.807) is 18.3 Å². The smallest absolute Gasteiger partial charge is 0.229 e. The van der Waals surface area contributed by atoms with Crippen LogP contribution >= 0.6 is 11.6 Å². The van der Waals surface area contributed by atoms with Gasteiger partial charge in [-0.2, -0.15) is 5.26 Å². The number of fused-ring (bicyclic) bond motifs is 2. The van der Waals surface area contributed by atoms with E-state index in [1.165, 1.54) is 6.07 Å². The number of aromatic nitrogens is 4. The number of aldehydes is 1. The molecule has 46 heavy (non-hydrogen) atoms. The molecule has 1 aliphatic rings. The van der Waals surface area contributed by atoms with Gasteiger partial charge in [0.15, 0.2) is 11.4 Å². The molecule has 1 atom stereocenters. The highest BCUT2D eigenvalue weighted by molar-refractivity contribution is 6.35. The van der Waals surface area contributed by atoms with Crippen LogP contribution in [0.2, 0.25) is 5.02 Å². The molecule has 10 nitrogen and oxygen atoms in total. The molecule has 6 aromatic rings. The number of pyridine rings is 3. The molecular weight excluding hydrogens is 602 g/mol. The summed E-state index contributed by atoms with van der Waals surface area (Å²) in [7, 11) is 0. The molecule has 2 aromatic carbocycles. The average Bonchev–Trinajstić information content (AvgIpc) is 3.67. The highest BCUT2D eigenvalue weighted by Gasteiger charge is 2.22. The Hall–Kier alpha value is -5.21. The zero-order valence-electron chi connectivity index (χ0n) is 25.1. The Bertz CT molecular complexity index is 2210. The summed E-state index contributed by atoms with van der Waals surface area (Å²) in [4.78, 5) is 32.3. The van der Waals surface area contributed by atoms with Gasteiger partial charge in [0.25, 0.3) is 0 Å². The SMILES string of the molecule is Cc1cc2cc(CN3CC[C@@H](O)C3)cnc2c(Nc2cccc(-c3nccc(-c4nc5cc(C=O)cc(C#N)c5o4)c3Cl)c2C)n1. The van der Waals surface area contributed by atoms with Gasteiger partial charge in [0.1, 0.15) is 23.4 Å². The molecule has 0 radical (unpaired) electrons. The molecule has 7 rings (SSSR count). The van der Waals surface area contributed by atoms with Crippen molar-refractivity contribution >= 4 is 51.4 Å². The number of nitrogens with zero attached hydrogens (tertiary/aromatic N) is 6. The van der Waals surface area contributed by atoms with Crippen LogP contribution < -0.4 is 5.32 Å². The summed E-state index contributed by atoms with van der Waals surface area (Å²) in [5.41, 5.74) is 7.48. The first-order chi connectivity index (χ1) is 22.3. The minimum Gasteiger partial charge on any atom is -0.435 e. The van der Waals surface area contributed by atoms with Crippen LogP contribution in [0.1, 0.15) is 39.2 Å². The molecule has 0 aliphatic carbocycles. The number of carbonyl (C=O) groups excluding carboxylic acids is 1. The number of nitriles is 1. The van der Waals surface area contributed by atoms with E-state index < -0.39 is 0 Å². The molecule has 11 heteroatoms. The van der Waals surface area contributed by atoms with E-state index in [0.717, 1.165) is 58.5 Å². The summed E-state index contributed by atoms with van der Waals surface area (Å²) in [6.45, 7) is 6.23. The van der Waals surface area contributed by atoms with Crippen LogP contribution in [0.3, 0.4) is 0 Å². The molecular formula is C35H28ClN7O3. The molecule has 0 saturated carbocycles. The highest BCUT2D eigenvalue weighted by Crippen LogP contribution is 2.39. The number of oxazole rings is 1. The summed E-state index contributed by atoms with van der Waals surface area (Å²) in [6, 6.07) is 16.8. The zero-order chi connectivity index (χ0) is 31.9. The van der Waals surface area contributed by atoms with Crippen molar-refractivity contribution in [2.45, 2.75) is 32.9 Å². The zero-order valence-corrected chi connectivity index (χ0v) is 25.8. The molecule has 1 aliphatic heterocycles. The number of rotatable bonds is 7. The van der Waals surface area contributed by atoms with Crippen LogP contribution in [-0.2, 0) is 6.54 Å². The standard InChI is InChI=1S/C35H28ClN7O3/c1-19-10-23-12-22(16-43-9-7-25(45)17-43)15-39-31(23)34(40-19)41-28-5-3-4-26(20(28)2)32-30(36)27(6-8-38-32)35-42-29-13-21(18-44)11-24(14-37)33(29)46-35/h3-6,8,10-13,15,18,25,45H,7,9,16-17H2,1-2H3,(H,40,41)/t25-/m1/s1. The van der Waals surface area contributed by atoms with Gasteiger partial charge in [0, 0.05) is 59.9 Å². The minimum absolute atomic E-state index is 0.216. The third-order valence-corrected chi connectivity index (χ3v) is 8.62. The van der Waals surface area contributed by atoms with E-state index in [0.29, 0.717) is 46.0 Å². The Morgan fingerprint density at radius 1 is 1.15 bits per heavy atom. The lowest BCUT2D eigenvalue weighted by Crippen LogP contribution is -2.21. The Morgan fingerprint density at radius 3 is 2.80 bits per heavy atom. The second-order valence-corrected chi connectivity index (χ2v) is 11.9. The van der Waals surface area contributed by atoms with Crippen molar-refractivity contribution < 1.29 is 14.3 Å². The number of nitrogens with one attached hydrogen (secondary N) is 1. The van der Waals surface area contributed by atoms with Gasteiger partial charge in [-0.15, -0.1) is 0 Å². The van der Waals surface area contributed by atoms with E-state index in [-0.39, 0.29) is 23.1 Å². The Balaban J connectivity index is 1.23. The number of β-amino-alcohol motifs (C(OH)–C–C–N with tert-alkyl or cyclic N) is 1. The topological polar surface area (TPSA) is 141 Å². The van der Waals surface area contributed by atoms with Crippen molar-refractivity contribution in [3.63, 3.8) is 0 Å². The van der Waals surface area contributed by atoms with E-state index >= 15 is 0 Å². The first-order valence-electron chi connectivity index (χ1n) is 14.8. The van der Waals surface area contributed by atoms with Crippen molar-refractivity contribution in [3.8, 4) is 28.8 Å². The minimum atomic E-state index is -0.264. The predicted molar refractivity (Wildman–Crippen MR) is 176 cm³/mol. The van der Waals surface area contributed by atoms with Gasteiger partial charge in [0.05, 0.1) is 27.9 Å². The second kappa shape index (κ2) is 11.9. The lowest BCUT2D eigenvalue weighted by Gasteiger charge is -2.17. The van der Waals surface area contributed by atoms with Crippen LogP contribution in [0.15, 0.2) is 65.3 Å². The van der Waals surface area contributed by atoms with Gasteiger partial charge in [0.2, 0.25) is 5.89 Å². The fourth-order valence-corrected chi connectivity index (χ4v) is 6.28. The summed E-state index contributed by atoms with van der Waals surface area (Å²) in [5, 5.41) is 24.3. The second-order valence-electron chi connectivity index (χ2n) is 11.5. The van der Waals surface area contributed by atoms with Crippen LogP contribution in [0.4, 0.5) is 11.5 Å². The van der Waals surface area contributed by atoms with Crippen molar-refractivity contribution in [3.05, 3.63) is 93.9 Å². The molecule has 4 aromatic heterocycles. The fourth-order valence-electron chi connectivity index (χ4n) is 5.98. The molecule has 5 heterocycles. The van der Waals surface area contributed by atoms with Crippen LogP contribution in [0.25, 0.3) is 44.7 Å². The monoisotopic (exact) mass is 629 g/mol. The summed E-state index contributed by atoms with van der Waals surface area (Å²) in [6.07, 6.45) is 4.71. The number of aliphatic hydroxyl groups is 1. The Kier molecular flexibility index (Phi) is 7.66. The van der Waals surface area contributed by atoms with Crippen LogP contribution in [0.5, 0.6) is 0 Å². The first kappa shape index (κ1) is 29.5. The van der Waals surface area contributed by atoms with Gasteiger partial charge in [-0.3, -0.25) is 19.7 Å². The number of aliphatic hydroxyl groups excluding tert-OH is 1. The molecule has 0 unspecified atom stereocenters. The number of hydrogen-bond donors (Lipinski definition) is 2. The summed E-state index contributed by atoms with van der Waals surface area (Å²) in [5.74, 6) is 0.859. The quantitative estimate of drug-likeness (QED) is 0.182. The maximum atomic E-state index is 11.4.